The number of hydrogen-bond acceptors (Lipinski definition) is 5. The van der Waals surface area contributed by atoms with Crippen LogP contribution in [0.2, 0.25) is 0 Å². The molecule has 2 atom stereocenters. The Bertz CT molecular complexity index is 1070. The molecule has 0 bridgehead atoms. The van der Waals surface area contributed by atoms with Gasteiger partial charge in [-0.1, -0.05) is 41.9 Å². The molecule has 1 aromatic heterocycles. The maximum absolute atomic E-state index is 13.4. The number of hydrazine groups is 1. The number of piperidine rings is 1. The molecule has 31 heavy (non-hydrogen) atoms. The molecule has 0 aliphatic carbocycles. The van der Waals surface area contributed by atoms with E-state index in [1.807, 2.05) is 48.6 Å². The third-order valence-electron chi connectivity index (χ3n) is 6.36. The summed E-state index contributed by atoms with van der Waals surface area (Å²) < 4.78 is 1.73. The van der Waals surface area contributed by atoms with E-state index < -0.39 is 12.1 Å². The zero-order valence-electron chi connectivity index (χ0n) is 17.6. The molecule has 3 aliphatic rings. The van der Waals surface area contributed by atoms with Crippen LogP contribution in [0.3, 0.4) is 0 Å². The smallest absolute Gasteiger partial charge is 0.249 e. The Morgan fingerprint density at radius 1 is 1.13 bits per heavy atom. The first kappa shape index (κ1) is 20.1. The quantitative estimate of drug-likeness (QED) is 0.736. The predicted molar refractivity (Wildman–Crippen MR) is 117 cm³/mol. The van der Waals surface area contributed by atoms with Gasteiger partial charge >= 0.3 is 0 Å². The van der Waals surface area contributed by atoms with Crippen molar-refractivity contribution in [3.8, 4) is 0 Å². The molecule has 8 nitrogen and oxygen atoms in total. The van der Waals surface area contributed by atoms with Crippen LogP contribution in [-0.4, -0.2) is 57.2 Å². The van der Waals surface area contributed by atoms with E-state index in [0.29, 0.717) is 37.5 Å². The second-order valence-corrected chi connectivity index (χ2v) is 8.68. The van der Waals surface area contributed by atoms with Crippen LogP contribution in [0, 0.1) is 0 Å². The van der Waals surface area contributed by atoms with Crippen LogP contribution in [0.25, 0.3) is 0 Å². The summed E-state index contributed by atoms with van der Waals surface area (Å²) in [5.41, 5.74) is 6.97. The van der Waals surface area contributed by atoms with Crippen molar-refractivity contribution in [2.24, 2.45) is 7.05 Å². The molecule has 1 saturated heterocycles. The number of benzene rings is 1. The van der Waals surface area contributed by atoms with Gasteiger partial charge in [0, 0.05) is 26.8 Å². The maximum atomic E-state index is 13.4. The summed E-state index contributed by atoms with van der Waals surface area (Å²) in [7, 11) is 3.61. The van der Waals surface area contributed by atoms with Gasteiger partial charge < -0.3 is 9.80 Å². The van der Waals surface area contributed by atoms with E-state index in [0.717, 1.165) is 22.5 Å². The Hall–Kier alpha value is -2.84. The number of nitrogens with one attached hydrogen (secondary N) is 1. The van der Waals surface area contributed by atoms with Gasteiger partial charge in [-0.2, -0.15) is 5.10 Å². The summed E-state index contributed by atoms with van der Waals surface area (Å²) in [5.74, 6) is -0.167. The molecule has 2 aromatic rings. The summed E-state index contributed by atoms with van der Waals surface area (Å²) in [6.07, 6.45) is 3.72. The molecule has 0 spiro atoms. The number of carbonyl (C=O) groups is 2. The minimum absolute atomic E-state index is 0.0715. The average molecular weight is 441 g/mol. The minimum atomic E-state index is -0.520. The van der Waals surface area contributed by atoms with Gasteiger partial charge in [0.05, 0.1) is 17.9 Å². The van der Waals surface area contributed by atoms with Gasteiger partial charge in [-0.05, 0) is 30.4 Å². The number of carbonyl (C=O) groups excluding carboxylic acids is 2. The lowest BCUT2D eigenvalue weighted by molar-refractivity contribution is -0.142. The maximum Gasteiger partial charge on any atom is 0.249 e. The van der Waals surface area contributed by atoms with Crippen molar-refractivity contribution in [3.05, 3.63) is 58.5 Å². The number of anilines is 1. The van der Waals surface area contributed by atoms with Gasteiger partial charge in [0.25, 0.3) is 0 Å². The number of fused-ring (bicyclic) bond motifs is 2. The lowest BCUT2D eigenvalue weighted by Crippen LogP contribution is -2.58. The Kier molecular flexibility index (Phi) is 4.98. The summed E-state index contributed by atoms with van der Waals surface area (Å²) in [6.45, 7) is 1.05. The van der Waals surface area contributed by atoms with Crippen LogP contribution in [0.15, 0.2) is 47.3 Å². The lowest BCUT2D eigenvalue weighted by Gasteiger charge is -2.37. The SMILES string of the molecule is CN1C(=O)C(N2CCC3=C(Cl)N(Cc4ccccc4)NC3C2=O)CCc2nn(C)cc21. The number of halogens is 1. The highest BCUT2D eigenvalue weighted by atomic mass is 35.5. The van der Waals surface area contributed by atoms with Crippen molar-refractivity contribution in [2.75, 3.05) is 18.5 Å². The van der Waals surface area contributed by atoms with Crippen molar-refractivity contribution < 1.29 is 9.59 Å². The van der Waals surface area contributed by atoms with E-state index in [1.54, 1.807) is 21.5 Å². The van der Waals surface area contributed by atoms with Crippen LogP contribution >= 0.6 is 11.6 Å². The van der Waals surface area contributed by atoms with E-state index in [9.17, 15) is 9.59 Å². The van der Waals surface area contributed by atoms with Crippen molar-refractivity contribution >= 4 is 29.1 Å². The third kappa shape index (κ3) is 3.40. The molecular weight excluding hydrogens is 416 g/mol. The highest BCUT2D eigenvalue weighted by Gasteiger charge is 2.45. The van der Waals surface area contributed by atoms with Crippen molar-refractivity contribution in [1.82, 2.24) is 25.1 Å². The number of hydrogen-bond donors (Lipinski definition) is 1. The molecule has 0 saturated carbocycles. The predicted octanol–water partition coefficient (Wildman–Crippen LogP) is 1.77. The van der Waals surface area contributed by atoms with Gasteiger partial charge in [-0.25, -0.2) is 5.43 Å². The normalized spacial score (nSPS) is 23.9. The number of likely N-dealkylation sites (tertiary alicyclic amines) is 1. The van der Waals surface area contributed by atoms with Gasteiger partial charge in [-0.15, -0.1) is 0 Å². The number of rotatable bonds is 3. The molecule has 9 heteroatoms. The van der Waals surface area contributed by atoms with Crippen molar-refractivity contribution in [2.45, 2.75) is 37.9 Å². The highest BCUT2D eigenvalue weighted by Crippen LogP contribution is 2.35. The Morgan fingerprint density at radius 3 is 2.68 bits per heavy atom. The largest absolute Gasteiger partial charge is 0.329 e. The molecule has 162 valence electrons. The van der Waals surface area contributed by atoms with Crippen LogP contribution < -0.4 is 10.3 Å². The van der Waals surface area contributed by atoms with E-state index in [4.69, 9.17) is 11.6 Å². The molecule has 1 aromatic carbocycles. The summed E-state index contributed by atoms with van der Waals surface area (Å²) in [6, 6.07) is 8.96. The van der Waals surface area contributed by atoms with Gasteiger partial charge in [0.2, 0.25) is 11.8 Å². The van der Waals surface area contributed by atoms with Gasteiger partial charge in [0.15, 0.2) is 0 Å². The third-order valence-corrected chi connectivity index (χ3v) is 6.81. The molecule has 5 rings (SSSR count). The van der Waals surface area contributed by atoms with Gasteiger partial charge in [0.1, 0.15) is 17.2 Å². The first-order valence-electron chi connectivity index (χ1n) is 10.5. The second-order valence-electron chi connectivity index (χ2n) is 8.32. The molecule has 3 aliphatic heterocycles. The number of nitrogens with zero attached hydrogens (tertiary/aromatic N) is 5. The zero-order valence-corrected chi connectivity index (χ0v) is 18.3. The van der Waals surface area contributed by atoms with Crippen molar-refractivity contribution in [3.63, 3.8) is 0 Å². The topological polar surface area (TPSA) is 73.7 Å². The summed E-state index contributed by atoms with van der Waals surface area (Å²) in [5, 5.41) is 6.90. The standard InChI is InChI=1S/C22H25ClN6O2/c1-26-13-18-16(24-26)8-9-17(21(30)27(18)2)28-11-10-15-19(22(28)31)25-29(20(15)23)12-14-6-4-3-5-7-14/h3-7,13,17,19,25H,8-12H2,1-2H3. The first-order valence-corrected chi connectivity index (χ1v) is 10.9. The Balaban J connectivity index is 1.34. The van der Waals surface area contributed by atoms with Gasteiger partial charge in [-0.3, -0.25) is 19.3 Å². The second kappa shape index (κ2) is 7.69. The molecule has 2 amide bonds. The summed E-state index contributed by atoms with van der Waals surface area (Å²) in [4.78, 5) is 30.0. The average Bonchev–Trinajstić information content (AvgIpc) is 3.26. The Morgan fingerprint density at radius 2 is 1.90 bits per heavy atom. The molecule has 1 fully saturated rings. The van der Waals surface area contributed by atoms with E-state index in [-0.39, 0.29) is 11.8 Å². The zero-order chi connectivity index (χ0) is 21.7. The monoisotopic (exact) mass is 440 g/mol. The number of likely N-dealkylation sites (N-methyl/N-ethyl adjacent to an activating group) is 1. The Labute approximate surface area is 186 Å². The summed E-state index contributed by atoms with van der Waals surface area (Å²) >= 11 is 6.63. The number of aromatic nitrogens is 2. The fourth-order valence-corrected chi connectivity index (χ4v) is 5.06. The van der Waals surface area contributed by atoms with Crippen molar-refractivity contribution in [1.29, 1.82) is 0 Å². The fourth-order valence-electron chi connectivity index (χ4n) is 4.75. The molecule has 0 radical (unpaired) electrons. The molecule has 2 unspecified atom stereocenters. The number of aryl methyl sites for hydroxylation is 2. The molecule has 4 heterocycles. The molecular formula is C22H25ClN6O2. The molecule has 1 N–H and O–H groups in total. The van der Waals surface area contributed by atoms with Crippen LogP contribution in [0.1, 0.15) is 24.1 Å². The number of amides is 2. The highest BCUT2D eigenvalue weighted by molar-refractivity contribution is 6.30. The van der Waals surface area contributed by atoms with E-state index in [2.05, 4.69) is 10.5 Å². The van der Waals surface area contributed by atoms with Crippen LogP contribution in [0.5, 0.6) is 0 Å². The first-order chi connectivity index (χ1) is 14.9. The minimum Gasteiger partial charge on any atom is -0.329 e. The van der Waals surface area contributed by atoms with E-state index >= 15 is 0 Å². The fraction of sp³-hybridized carbons (Fsp3) is 0.409. The lowest BCUT2D eigenvalue weighted by atomic mass is 9.96. The van der Waals surface area contributed by atoms with Crippen LogP contribution in [0.4, 0.5) is 5.69 Å². The van der Waals surface area contributed by atoms with E-state index in [1.165, 1.54) is 0 Å². The van der Waals surface area contributed by atoms with Crippen LogP contribution in [-0.2, 0) is 29.6 Å².